The van der Waals surface area contributed by atoms with E-state index in [-0.39, 0.29) is 36.4 Å². The molecule has 13 heteroatoms. The lowest BCUT2D eigenvalue weighted by Gasteiger charge is -2.23. The highest BCUT2D eigenvalue weighted by Crippen LogP contribution is 2.27. The monoisotopic (exact) mass is 568 g/mol. The Labute approximate surface area is 233 Å². The first-order valence-corrected chi connectivity index (χ1v) is 12.4. The van der Waals surface area contributed by atoms with Crippen LogP contribution in [0.5, 0.6) is 11.6 Å². The van der Waals surface area contributed by atoms with Crippen LogP contribution in [0.2, 0.25) is 5.02 Å². The van der Waals surface area contributed by atoms with Crippen molar-refractivity contribution in [1.29, 1.82) is 0 Å². The largest absolute Gasteiger partial charge is 0.469 e. The van der Waals surface area contributed by atoms with Gasteiger partial charge in [-0.3, -0.25) is 9.36 Å². The highest BCUT2D eigenvalue weighted by Gasteiger charge is 2.31. The molecule has 0 atom stereocenters. The molecule has 40 heavy (non-hydrogen) atoms. The Kier molecular flexibility index (Phi) is 8.29. The fourth-order valence-corrected chi connectivity index (χ4v) is 3.88. The van der Waals surface area contributed by atoms with Gasteiger partial charge >= 0.3 is 17.3 Å². The number of benzene rings is 2. The van der Waals surface area contributed by atoms with Gasteiger partial charge in [-0.1, -0.05) is 23.7 Å². The number of anilines is 2. The van der Waals surface area contributed by atoms with Gasteiger partial charge in [0.05, 0.1) is 24.8 Å². The van der Waals surface area contributed by atoms with E-state index in [2.05, 4.69) is 20.5 Å². The summed E-state index contributed by atoms with van der Waals surface area (Å²) < 4.78 is 27.2. The average Bonchev–Trinajstić information content (AvgIpc) is 2.92. The molecule has 1 N–H and O–H groups in total. The Morgan fingerprint density at radius 3 is 2.40 bits per heavy atom. The van der Waals surface area contributed by atoms with Gasteiger partial charge in [0.1, 0.15) is 0 Å². The summed E-state index contributed by atoms with van der Waals surface area (Å²) in [6.07, 6.45) is 0. The first kappa shape index (κ1) is 28.4. The molecule has 2 aromatic heterocycles. The summed E-state index contributed by atoms with van der Waals surface area (Å²) >= 11 is 6.00. The van der Waals surface area contributed by atoms with Gasteiger partial charge in [0, 0.05) is 29.4 Å². The number of aromatic nitrogens is 5. The van der Waals surface area contributed by atoms with Crippen LogP contribution >= 0.6 is 11.6 Å². The Balaban J connectivity index is 1.71. The number of nitrogens with one attached hydrogen (secondary N) is 1. The quantitative estimate of drug-likeness (QED) is 0.297. The van der Waals surface area contributed by atoms with Gasteiger partial charge in [-0.25, -0.2) is 18.5 Å². The molecule has 0 saturated carbocycles. The topological polar surface area (TPSA) is 130 Å². The summed E-state index contributed by atoms with van der Waals surface area (Å²) in [5.74, 6) is -1.45. The summed E-state index contributed by atoms with van der Waals surface area (Å²) in [4.78, 5) is 42.8. The van der Waals surface area contributed by atoms with Crippen molar-refractivity contribution >= 4 is 29.2 Å². The summed E-state index contributed by atoms with van der Waals surface area (Å²) in [6.45, 7) is 4.59. The zero-order valence-corrected chi connectivity index (χ0v) is 22.9. The zero-order valence-electron chi connectivity index (χ0n) is 22.1. The lowest BCUT2D eigenvalue weighted by atomic mass is 9.94. The zero-order chi connectivity index (χ0) is 29.0. The molecule has 0 aliphatic rings. The summed E-state index contributed by atoms with van der Waals surface area (Å²) in [7, 11) is 1.22. The molecule has 0 saturated heterocycles. The SMILES string of the molecule is COC(=O)C(C)(C)Cn1c(=O)nc(Nc2ccc(Oc3ccc(C)nn3)c(F)c2)n(Cc2ccc(Cl)cc2)c1=O. The number of carbonyl (C=O) groups excluding carboxylic acids is 1. The summed E-state index contributed by atoms with van der Waals surface area (Å²) in [5.41, 5.74) is -1.25. The van der Waals surface area contributed by atoms with Crippen molar-refractivity contribution in [2.75, 3.05) is 12.4 Å². The van der Waals surface area contributed by atoms with Crippen LogP contribution in [0.4, 0.5) is 16.0 Å². The van der Waals surface area contributed by atoms with Crippen LogP contribution in [0.3, 0.4) is 0 Å². The fourth-order valence-electron chi connectivity index (χ4n) is 3.76. The van der Waals surface area contributed by atoms with Crippen molar-refractivity contribution in [3.63, 3.8) is 0 Å². The molecular weight excluding hydrogens is 543 g/mol. The van der Waals surface area contributed by atoms with Gasteiger partial charge in [0.15, 0.2) is 11.6 Å². The number of ether oxygens (including phenoxy) is 2. The van der Waals surface area contributed by atoms with Crippen LogP contribution in [0.1, 0.15) is 25.1 Å². The maximum Gasteiger partial charge on any atom is 0.354 e. The Morgan fingerprint density at radius 1 is 1.05 bits per heavy atom. The lowest BCUT2D eigenvalue weighted by Crippen LogP contribution is -2.46. The standard InChI is InChI=1S/C27H26ClFN6O5/c1-16-5-12-22(33-32-16)40-21-11-10-19(13-20(21)29)30-24-31-25(37)35(15-27(2,3)23(36)39-4)26(38)34(24)14-17-6-8-18(28)9-7-17/h5-13H,14-15H2,1-4H3,(H,30,31,37). The van der Waals surface area contributed by atoms with Crippen molar-refractivity contribution in [3.05, 3.63) is 97.7 Å². The van der Waals surface area contributed by atoms with E-state index in [0.29, 0.717) is 16.3 Å². The van der Waals surface area contributed by atoms with E-state index in [1.807, 2.05) is 0 Å². The molecule has 2 heterocycles. The second kappa shape index (κ2) is 11.7. The summed E-state index contributed by atoms with van der Waals surface area (Å²) in [6, 6.07) is 14.0. The number of methoxy groups -OCH3 is 1. The molecule has 0 aliphatic carbocycles. The van der Waals surface area contributed by atoms with Gasteiger partial charge in [-0.05, 0) is 56.7 Å². The number of rotatable bonds is 9. The van der Waals surface area contributed by atoms with E-state index in [0.717, 1.165) is 10.6 Å². The number of hydrogen-bond acceptors (Lipinski definition) is 9. The van der Waals surface area contributed by atoms with E-state index in [1.165, 1.54) is 23.8 Å². The number of hydrogen-bond donors (Lipinski definition) is 1. The molecule has 4 rings (SSSR count). The molecule has 0 amide bonds. The minimum absolute atomic E-state index is 0.0000382. The van der Waals surface area contributed by atoms with Crippen LogP contribution in [-0.2, 0) is 22.6 Å². The van der Waals surface area contributed by atoms with Gasteiger partial charge in [0.2, 0.25) is 11.8 Å². The van der Waals surface area contributed by atoms with E-state index in [1.54, 1.807) is 57.2 Å². The molecule has 2 aromatic carbocycles. The van der Waals surface area contributed by atoms with Gasteiger partial charge < -0.3 is 14.8 Å². The number of aryl methyl sites for hydroxylation is 1. The molecule has 0 unspecified atom stereocenters. The second-order valence-electron chi connectivity index (χ2n) is 9.56. The molecule has 208 valence electrons. The van der Waals surface area contributed by atoms with Crippen LogP contribution in [0.15, 0.2) is 64.2 Å². The number of halogens is 2. The third kappa shape index (κ3) is 6.52. The van der Waals surface area contributed by atoms with E-state index < -0.39 is 28.6 Å². The number of nitrogens with zero attached hydrogens (tertiary/aromatic N) is 5. The van der Waals surface area contributed by atoms with E-state index in [4.69, 9.17) is 21.1 Å². The minimum Gasteiger partial charge on any atom is -0.469 e. The number of carbonyl (C=O) groups is 1. The molecule has 0 bridgehead atoms. The van der Waals surface area contributed by atoms with E-state index in [9.17, 15) is 18.8 Å². The molecule has 0 aliphatic heterocycles. The predicted molar refractivity (Wildman–Crippen MR) is 146 cm³/mol. The van der Waals surface area contributed by atoms with Crippen LogP contribution in [0, 0.1) is 18.2 Å². The molecule has 4 aromatic rings. The molecular formula is C27H26ClFN6O5. The predicted octanol–water partition coefficient (Wildman–Crippen LogP) is 4.08. The lowest BCUT2D eigenvalue weighted by molar-refractivity contribution is -0.151. The smallest absolute Gasteiger partial charge is 0.354 e. The van der Waals surface area contributed by atoms with Crippen LogP contribution in [0.25, 0.3) is 0 Å². The maximum atomic E-state index is 14.9. The fraction of sp³-hybridized carbons (Fsp3) is 0.259. The van der Waals surface area contributed by atoms with Gasteiger partial charge in [-0.15, -0.1) is 5.10 Å². The van der Waals surface area contributed by atoms with Crippen LogP contribution < -0.4 is 21.4 Å². The van der Waals surface area contributed by atoms with E-state index >= 15 is 0 Å². The average molecular weight is 569 g/mol. The third-order valence-electron chi connectivity index (χ3n) is 5.87. The molecule has 0 radical (unpaired) electrons. The highest BCUT2D eigenvalue weighted by atomic mass is 35.5. The Morgan fingerprint density at radius 2 is 1.77 bits per heavy atom. The third-order valence-corrected chi connectivity index (χ3v) is 6.12. The Bertz CT molecular complexity index is 1650. The van der Waals surface area contributed by atoms with Crippen molar-refractivity contribution in [1.82, 2.24) is 24.3 Å². The molecule has 0 fully saturated rings. The Hall–Kier alpha value is -4.58. The maximum absolute atomic E-state index is 14.9. The molecule has 11 nitrogen and oxygen atoms in total. The first-order chi connectivity index (χ1) is 19.0. The van der Waals surface area contributed by atoms with Gasteiger partial charge in [0.25, 0.3) is 0 Å². The second-order valence-corrected chi connectivity index (χ2v) is 10.00. The molecule has 0 spiro atoms. The minimum atomic E-state index is -1.19. The number of esters is 1. The van der Waals surface area contributed by atoms with Crippen molar-refractivity contribution in [3.8, 4) is 11.6 Å². The van der Waals surface area contributed by atoms with Gasteiger partial charge in [-0.2, -0.15) is 10.1 Å². The van der Waals surface area contributed by atoms with Crippen molar-refractivity contribution < 1.29 is 18.7 Å². The first-order valence-electron chi connectivity index (χ1n) is 12.1. The summed E-state index contributed by atoms with van der Waals surface area (Å²) in [5, 5.41) is 11.1. The van der Waals surface area contributed by atoms with Crippen molar-refractivity contribution in [2.24, 2.45) is 5.41 Å². The highest BCUT2D eigenvalue weighted by molar-refractivity contribution is 6.30. The normalized spacial score (nSPS) is 11.2. The van der Waals surface area contributed by atoms with Crippen molar-refractivity contribution in [2.45, 2.75) is 33.9 Å². The van der Waals surface area contributed by atoms with Crippen LogP contribution in [-0.4, -0.2) is 37.4 Å².